The van der Waals surface area contributed by atoms with Crippen LogP contribution in [0.4, 0.5) is 0 Å². The largest absolute Gasteiger partial charge is 0.493 e. The minimum Gasteiger partial charge on any atom is -0.493 e. The fraction of sp³-hybridized carbons (Fsp3) is 0.640. The summed E-state index contributed by atoms with van der Waals surface area (Å²) in [6.45, 7) is 8.69. The molecule has 2 fully saturated rings. The SMILES string of the molecule is CCN1CCN(C(=O)C(C)Sc2nnc(-c3ccc(OC)c(OC)c3)n2C2CCCCC2)CC1. The van der Waals surface area contributed by atoms with Crippen LogP contribution in [0.15, 0.2) is 23.4 Å². The third-order valence-electron chi connectivity index (χ3n) is 7.01. The highest BCUT2D eigenvalue weighted by molar-refractivity contribution is 8.00. The molecule has 2 aliphatic rings. The van der Waals surface area contributed by atoms with Gasteiger partial charge in [0.25, 0.3) is 0 Å². The van der Waals surface area contributed by atoms with E-state index in [-0.39, 0.29) is 11.2 Å². The molecule has 0 bridgehead atoms. The van der Waals surface area contributed by atoms with Crippen LogP contribution in [0, 0.1) is 0 Å². The second-order valence-electron chi connectivity index (χ2n) is 9.06. The number of thioether (sulfide) groups is 1. The Bertz CT molecular complexity index is 967. The smallest absolute Gasteiger partial charge is 0.235 e. The van der Waals surface area contributed by atoms with Crippen LogP contribution in [-0.2, 0) is 4.79 Å². The topological polar surface area (TPSA) is 72.7 Å². The summed E-state index contributed by atoms with van der Waals surface area (Å²) in [5, 5.41) is 9.80. The van der Waals surface area contributed by atoms with Gasteiger partial charge >= 0.3 is 0 Å². The Hall–Kier alpha value is -2.26. The molecule has 1 saturated heterocycles. The van der Waals surface area contributed by atoms with Gasteiger partial charge in [-0.2, -0.15) is 0 Å². The average Bonchev–Trinajstić information content (AvgIpc) is 3.31. The number of likely N-dealkylation sites (N-methyl/N-ethyl adjacent to an activating group) is 1. The van der Waals surface area contributed by atoms with Crippen molar-refractivity contribution in [2.45, 2.75) is 62.4 Å². The lowest BCUT2D eigenvalue weighted by atomic mass is 9.95. The number of hydrogen-bond donors (Lipinski definition) is 0. The van der Waals surface area contributed by atoms with Gasteiger partial charge in [0.15, 0.2) is 22.5 Å². The molecule has 1 saturated carbocycles. The summed E-state index contributed by atoms with van der Waals surface area (Å²) in [7, 11) is 3.28. The van der Waals surface area contributed by atoms with Crippen molar-refractivity contribution in [3.8, 4) is 22.9 Å². The quantitative estimate of drug-likeness (QED) is 0.519. The maximum absolute atomic E-state index is 13.2. The van der Waals surface area contributed by atoms with Crippen LogP contribution >= 0.6 is 11.8 Å². The Kier molecular flexibility index (Phi) is 8.37. The summed E-state index contributed by atoms with van der Waals surface area (Å²) in [5.74, 6) is 2.37. The molecule has 1 amide bonds. The first-order valence-electron chi connectivity index (χ1n) is 12.4. The first-order chi connectivity index (χ1) is 16.5. The first-order valence-corrected chi connectivity index (χ1v) is 13.3. The van der Waals surface area contributed by atoms with E-state index in [2.05, 4.69) is 26.6 Å². The fourth-order valence-corrected chi connectivity index (χ4v) is 5.95. The molecule has 8 nitrogen and oxygen atoms in total. The highest BCUT2D eigenvalue weighted by Gasteiger charge is 2.29. The monoisotopic (exact) mass is 487 g/mol. The second kappa shape index (κ2) is 11.4. The standard InChI is InChI=1S/C25H37N5O3S/c1-5-28-13-15-29(16-14-28)24(31)18(2)34-25-27-26-23(30(25)20-9-7-6-8-10-20)19-11-12-21(32-3)22(17-19)33-4/h11-12,17-18,20H,5-10,13-16H2,1-4H3. The molecular weight excluding hydrogens is 450 g/mol. The number of amides is 1. The minimum atomic E-state index is -0.210. The van der Waals surface area contributed by atoms with Gasteiger partial charge in [0.05, 0.1) is 19.5 Å². The summed E-state index contributed by atoms with van der Waals surface area (Å²) in [4.78, 5) is 17.6. The average molecular weight is 488 g/mol. The molecule has 1 aromatic carbocycles. The van der Waals surface area contributed by atoms with Gasteiger partial charge in [0, 0.05) is 37.8 Å². The maximum atomic E-state index is 13.2. The summed E-state index contributed by atoms with van der Waals surface area (Å²) >= 11 is 1.53. The van der Waals surface area contributed by atoms with E-state index in [9.17, 15) is 4.79 Å². The summed E-state index contributed by atoms with van der Waals surface area (Å²) in [6.07, 6.45) is 5.88. The van der Waals surface area contributed by atoms with Crippen LogP contribution in [-0.4, -0.2) is 82.7 Å². The molecule has 1 atom stereocenters. The van der Waals surface area contributed by atoms with E-state index >= 15 is 0 Å². The van der Waals surface area contributed by atoms with Crippen molar-refractivity contribution >= 4 is 17.7 Å². The van der Waals surface area contributed by atoms with Gasteiger partial charge in [-0.05, 0) is 44.5 Å². The molecule has 1 aliphatic heterocycles. The molecule has 2 aromatic rings. The highest BCUT2D eigenvalue weighted by Crippen LogP contribution is 2.39. The van der Waals surface area contributed by atoms with Crippen molar-refractivity contribution in [3.05, 3.63) is 18.2 Å². The van der Waals surface area contributed by atoms with E-state index in [1.807, 2.05) is 30.0 Å². The van der Waals surface area contributed by atoms with E-state index in [0.29, 0.717) is 17.5 Å². The molecule has 4 rings (SSSR count). The van der Waals surface area contributed by atoms with Crippen LogP contribution in [0.5, 0.6) is 11.5 Å². The Morgan fingerprint density at radius 1 is 1.06 bits per heavy atom. The van der Waals surface area contributed by atoms with Crippen LogP contribution < -0.4 is 9.47 Å². The number of ether oxygens (including phenoxy) is 2. The molecule has 2 heterocycles. The van der Waals surface area contributed by atoms with Gasteiger partial charge in [-0.25, -0.2) is 0 Å². The molecule has 186 valence electrons. The van der Waals surface area contributed by atoms with Crippen molar-refractivity contribution in [2.75, 3.05) is 46.9 Å². The van der Waals surface area contributed by atoms with Gasteiger partial charge < -0.3 is 19.3 Å². The Morgan fingerprint density at radius 3 is 2.41 bits per heavy atom. The van der Waals surface area contributed by atoms with Crippen LogP contribution in [0.2, 0.25) is 0 Å². The number of piperazine rings is 1. The number of hydrogen-bond acceptors (Lipinski definition) is 7. The van der Waals surface area contributed by atoms with E-state index in [0.717, 1.165) is 62.1 Å². The van der Waals surface area contributed by atoms with Gasteiger partial charge in [-0.1, -0.05) is 37.9 Å². The lowest BCUT2D eigenvalue weighted by Gasteiger charge is -2.35. The summed E-state index contributed by atoms with van der Waals surface area (Å²) in [6, 6.07) is 6.20. The van der Waals surface area contributed by atoms with E-state index < -0.39 is 0 Å². The lowest BCUT2D eigenvalue weighted by Crippen LogP contribution is -2.50. The highest BCUT2D eigenvalue weighted by atomic mass is 32.2. The van der Waals surface area contributed by atoms with Crippen molar-refractivity contribution in [2.24, 2.45) is 0 Å². The molecule has 0 radical (unpaired) electrons. The Labute approximate surface area is 207 Å². The predicted molar refractivity (Wildman–Crippen MR) is 135 cm³/mol. The third kappa shape index (κ3) is 5.35. The van der Waals surface area contributed by atoms with Gasteiger partial charge in [0.1, 0.15) is 0 Å². The molecular formula is C25H37N5O3S. The third-order valence-corrected chi connectivity index (χ3v) is 8.05. The zero-order valence-electron chi connectivity index (χ0n) is 20.8. The number of carbonyl (C=O) groups excluding carboxylic acids is 1. The maximum Gasteiger partial charge on any atom is 0.235 e. The van der Waals surface area contributed by atoms with Crippen molar-refractivity contribution in [3.63, 3.8) is 0 Å². The lowest BCUT2D eigenvalue weighted by molar-refractivity contribution is -0.132. The van der Waals surface area contributed by atoms with Gasteiger partial charge in [-0.15, -0.1) is 10.2 Å². The fourth-order valence-electron chi connectivity index (χ4n) is 4.95. The number of benzene rings is 1. The van der Waals surface area contributed by atoms with Gasteiger partial charge in [0.2, 0.25) is 5.91 Å². The van der Waals surface area contributed by atoms with E-state index in [1.165, 1.54) is 31.0 Å². The zero-order valence-corrected chi connectivity index (χ0v) is 21.6. The predicted octanol–water partition coefficient (Wildman–Crippen LogP) is 4.11. The first kappa shape index (κ1) is 24.9. The van der Waals surface area contributed by atoms with Crippen LogP contribution in [0.25, 0.3) is 11.4 Å². The molecule has 34 heavy (non-hydrogen) atoms. The molecule has 9 heteroatoms. The molecule has 0 N–H and O–H groups in total. The van der Waals surface area contributed by atoms with E-state index in [4.69, 9.17) is 9.47 Å². The van der Waals surface area contributed by atoms with Gasteiger partial charge in [-0.3, -0.25) is 9.36 Å². The number of methoxy groups -OCH3 is 2. The normalized spacial score (nSPS) is 18.6. The summed E-state index contributed by atoms with van der Waals surface area (Å²) in [5.41, 5.74) is 0.942. The molecule has 1 aliphatic carbocycles. The van der Waals surface area contributed by atoms with Crippen molar-refractivity contribution < 1.29 is 14.3 Å². The number of aromatic nitrogens is 3. The Balaban J connectivity index is 1.59. The van der Waals surface area contributed by atoms with E-state index in [1.54, 1.807) is 14.2 Å². The summed E-state index contributed by atoms with van der Waals surface area (Å²) < 4.78 is 13.2. The van der Waals surface area contributed by atoms with Crippen molar-refractivity contribution in [1.82, 2.24) is 24.6 Å². The zero-order chi connectivity index (χ0) is 24.1. The second-order valence-corrected chi connectivity index (χ2v) is 10.4. The van der Waals surface area contributed by atoms with Crippen LogP contribution in [0.3, 0.4) is 0 Å². The van der Waals surface area contributed by atoms with Crippen LogP contribution in [0.1, 0.15) is 52.0 Å². The number of carbonyl (C=O) groups is 1. The number of nitrogens with zero attached hydrogens (tertiary/aromatic N) is 5. The van der Waals surface area contributed by atoms with Crippen molar-refractivity contribution in [1.29, 1.82) is 0 Å². The molecule has 1 aromatic heterocycles. The number of rotatable bonds is 8. The Morgan fingerprint density at radius 2 is 1.76 bits per heavy atom. The minimum absolute atomic E-state index is 0.187. The molecule has 0 spiro atoms. The molecule has 1 unspecified atom stereocenters.